The number of hydrogen-bond acceptors (Lipinski definition) is 4. The molecule has 2 aliphatic rings. The van der Waals surface area contributed by atoms with Gasteiger partial charge in [-0.3, -0.25) is 4.79 Å². The molecule has 0 aromatic rings. The minimum absolute atomic E-state index is 0.118. The molecule has 0 spiro atoms. The summed E-state index contributed by atoms with van der Waals surface area (Å²) in [6.45, 7) is 3.74. The van der Waals surface area contributed by atoms with E-state index >= 15 is 0 Å². The Hall–Kier alpha value is -0.610. The lowest BCUT2D eigenvalue weighted by Crippen LogP contribution is -2.58. The van der Waals surface area contributed by atoms with Gasteiger partial charge in [-0.1, -0.05) is 13.3 Å². The van der Waals surface area contributed by atoms with E-state index in [0.29, 0.717) is 6.61 Å². The van der Waals surface area contributed by atoms with Gasteiger partial charge in [0.25, 0.3) is 0 Å². The molecule has 0 bridgehead atoms. The van der Waals surface area contributed by atoms with Crippen molar-refractivity contribution in [3.05, 3.63) is 0 Å². The van der Waals surface area contributed by atoms with E-state index in [4.69, 9.17) is 9.47 Å². The van der Waals surface area contributed by atoms with E-state index in [1.165, 1.54) is 20.0 Å². The Morgan fingerprint density at radius 2 is 2.28 bits per heavy atom. The summed E-state index contributed by atoms with van der Waals surface area (Å²) in [7, 11) is 1.48. The fourth-order valence-corrected chi connectivity index (χ4v) is 2.73. The van der Waals surface area contributed by atoms with Crippen LogP contribution in [0.25, 0.3) is 0 Å². The van der Waals surface area contributed by atoms with Gasteiger partial charge < -0.3 is 14.8 Å². The maximum atomic E-state index is 12.1. The summed E-state index contributed by atoms with van der Waals surface area (Å²) in [6, 6.07) is 0. The Bertz CT molecular complexity index is 289. The van der Waals surface area contributed by atoms with E-state index in [0.717, 1.165) is 38.1 Å². The molecule has 2 unspecified atom stereocenters. The van der Waals surface area contributed by atoms with Crippen molar-refractivity contribution in [1.29, 1.82) is 0 Å². The zero-order valence-corrected chi connectivity index (χ0v) is 11.5. The van der Waals surface area contributed by atoms with Gasteiger partial charge in [0.1, 0.15) is 5.54 Å². The lowest BCUT2D eigenvalue weighted by Gasteiger charge is -2.39. The predicted molar refractivity (Wildman–Crippen MR) is 69.4 cm³/mol. The van der Waals surface area contributed by atoms with Crippen LogP contribution in [0.1, 0.15) is 45.4 Å². The molecule has 1 aliphatic heterocycles. The molecular weight excluding hydrogens is 230 g/mol. The first-order valence-corrected chi connectivity index (χ1v) is 7.15. The van der Waals surface area contributed by atoms with Crippen LogP contribution in [0.2, 0.25) is 0 Å². The fraction of sp³-hybridized carbons (Fsp3) is 0.929. The number of nitrogens with one attached hydrogen (secondary N) is 1. The molecule has 4 heteroatoms. The monoisotopic (exact) mass is 255 g/mol. The maximum absolute atomic E-state index is 12.1. The van der Waals surface area contributed by atoms with Gasteiger partial charge in [0.15, 0.2) is 0 Å². The van der Waals surface area contributed by atoms with Gasteiger partial charge in [-0.25, -0.2) is 0 Å². The second kappa shape index (κ2) is 6.02. The SMILES string of the molecule is CCCC1CC(NCC2CC2)(C(=O)OC)CCO1. The fourth-order valence-electron chi connectivity index (χ4n) is 2.73. The molecule has 1 aliphatic carbocycles. The van der Waals surface area contributed by atoms with E-state index in [1.54, 1.807) is 0 Å². The number of esters is 1. The van der Waals surface area contributed by atoms with Crippen molar-refractivity contribution >= 4 is 5.97 Å². The van der Waals surface area contributed by atoms with Gasteiger partial charge in [0.05, 0.1) is 13.2 Å². The van der Waals surface area contributed by atoms with Crippen LogP contribution < -0.4 is 5.32 Å². The average Bonchev–Trinajstić information content (AvgIpc) is 3.20. The van der Waals surface area contributed by atoms with Crippen LogP contribution >= 0.6 is 0 Å². The third kappa shape index (κ3) is 3.23. The van der Waals surface area contributed by atoms with Crippen LogP contribution in [0.5, 0.6) is 0 Å². The highest BCUT2D eigenvalue weighted by molar-refractivity contribution is 5.81. The maximum Gasteiger partial charge on any atom is 0.326 e. The smallest absolute Gasteiger partial charge is 0.326 e. The second-order valence-corrected chi connectivity index (χ2v) is 5.63. The molecule has 0 aromatic heterocycles. The molecule has 0 aromatic carbocycles. The molecule has 4 nitrogen and oxygen atoms in total. The van der Waals surface area contributed by atoms with Gasteiger partial charge in [-0.05, 0) is 38.1 Å². The van der Waals surface area contributed by atoms with Crippen LogP contribution in [-0.4, -0.2) is 37.9 Å². The summed E-state index contributed by atoms with van der Waals surface area (Å²) in [5, 5.41) is 3.48. The molecule has 1 saturated carbocycles. The van der Waals surface area contributed by atoms with E-state index in [-0.39, 0.29) is 12.1 Å². The van der Waals surface area contributed by atoms with Gasteiger partial charge >= 0.3 is 5.97 Å². The molecule has 104 valence electrons. The third-order valence-electron chi connectivity index (χ3n) is 4.07. The van der Waals surface area contributed by atoms with Crippen LogP contribution in [0.15, 0.2) is 0 Å². The number of carbonyl (C=O) groups excluding carboxylic acids is 1. The van der Waals surface area contributed by atoms with Crippen molar-refractivity contribution in [3.63, 3.8) is 0 Å². The van der Waals surface area contributed by atoms with Crippen molar-refractivity contribution in [1.82, 2.24) is 5.32 Å². The Kier molecular flexibility index (Phi) is 4.62. The molecule has 2 rings (SSSR count). The van der Waals surface area contributed by atoms with E-state index in [2.05, 4.69) is 12.2 Å². The van der Waals surface area contributed by atoms with Crippen molar-refractivity contribution in [3.8, 4) is 0 Å². The lowest BCUT2D eigenvalue weighted by atomic mass is 9.85. The van der Waals surface area contributed by atoms with Crippen LogP contribution in [-0.2, 0) is 14.3 Å². The van der Waals surface area contributed by atoms with Crippen molar-refractivity contribution in [2.75, 3.05) is 20.3 Å². The van der Waals surface area contributed by atoms with Crippen LogP contribution in [0.3, 0.4) is 0 Å². The quantitative estimate of drug-likeness (QED) is 0.736. The summed E-state index contributed by atoms with van der Waals surface area (Å²) in [5.41, 5.74) is -0.505. The van der Waals surface area contributed by atoms with E-state index in [9.17, 15) is 4.79 Å². The Morgan fingerprint density at radius 3 is 2.89 bits per heavy atom. The number of hydrogen-bond donors (Lipinski definition) is 1. The van der Waals surface area contributed by atoms with E-state index in [1.807, 2.05) is 0 Å². The van der Waals surface area contributed by atoms with Gasteiger partial charge in [0, 0.05) is 13.0 Å². The number of ether oxygens (including phenoxy) is 2. The highest BCUT2D eigenvalue weighted by atomic mass is 16.5. The molecule has 2 atom stereocenters. The minimum atomic E-state index is -0.505. The normalized spacial score (nSPS) is 32.2. The number of carbonyl (C=O) groups is 1. The highest BCUT2D eigenvalue weighted by Crippen LogP contribution is 2.32. The highest BCUT2D eigenvalue weighted by Gasteiger charge is 2.44. The summed E-state index contributed by atoms with van der Waals surface area (Å²) < 4.78 is 10.8. The van der Waals surface area contributed by atoms with Crippen molar-refractivity contribution < 1.29 is 14.3 Å². The standard InChI is InChI=1S/C14H25NO3/c1-3-4-12-9-14(7-8-18-12,13(16)17-2)15-10-11-5-6-11/h11-12,15H,3-10H2,1-2H3. The van der Waals surface area contributed by atoms with Gasteiger partial charge in [0.2, 0.25) is 0 Å². The first-order chi connectivity index (χ1) is 8.70. The van der Waals surface area contributed by atoms with Crippen molar-refractivity contribution in [2.24, 2.45) is 5.92 Å². The van der Waals surface area contributed by atoms with Crippen molar-refractivity contribution in [2.45, 2.75) is 57.1 Å². The first-order valence-electron chi connectivity index (χ1n) is 7.15. The zero-order chi connectivity index (χ0) is 13.0. The molecule has 1 N–H and O–H groups in total. The second-order valence-electron chi connectivity index (χ2n) is 5.63. The number of methoxy groups -OCH3 is 1. The minimum Gasteiger partial charge on any atom is -0.468 e. The molecule has 0 amide bonds. The van der Waals surface area contributed by atoms with E-state index < -0.39 is 5.54 Å². The van der Waals surface area contributed by atoms with Crippen LogP contribution in [0, 0.1) is 5.92 Å². The number of rotatable bonds is 6. The summed E-state index contributed by atoms with van der Waals surface area (Å²) in [5.74, 6) is 0.645. The van der Waals surface area contributed by atoms with Gasteiger partial charge in [-0.2, -0.15) is 0 Å². The van der Waals surface area contributed by atoms with Crippen LogP contribution in [0.4, 0.5) is 0 Å². The summed E-state index contributed by atoms with van der Waals surface area (Å²) in [4.78, 5) is 12.1. The molecule has 1 saturated heterocycles. The topological polar surface area (TPSA) is 47.6 Å². The molecular formula is C14H25NO3. The summed E-state index contributed by atoms with van der Waals surface area (Å²) in [6.07, 6.45) is 6.36. The third-order valence-corrected chi connectivity index (χ3v) is 4.07. The molecule has 2 fully saturated rings. The average molecular weight is 255 g/mol. The molecule has 18 heavy (non-hydrogen) atoms. The first kappa shape index (κ1) is 13.8. The largest absolute Gasteiger partial charge is 0.468 e. The Morgan fingerprint density at radius 1 is 1.50 bits per heavy atom. The van der Waals surface area contributed by atoms with Gasteiger partial charge in [-0.15, -0.1) is 0 Å². The lowest BCUT2D eigenvalue weighted by molar-refractivity contribution is -0.156. The molecule has 0 radical (unpaired) electrons. The Balaban J connectivity index is 1.99. The molecule has 1 heterocycles. The Labute approximate surface area is 109 Å². The zero-order valence-electron chi connectivity index (χ0n) is 11.5. The predicted octanol–water partition coefficient (Wildman–Crippen LogP) is 1.88. The summed E-state index contributed by atoms with van der Waals surface area (Å²) >= 11 is 0.